The van der Waals surface area contributed by atoms with Crippen LogP contribution in [0.2, 0.25) is 0 Å². The van der Waals surface area contributed by atoms with Gasteiger partial charge in [-0.3, -0.25) is 0 Å². The summed E-state index contributed by atoms with van der Waals surface area (Å²) < 4.78 is 19.2. The summed E-state index contributed by atoms with van der Waals surface area (Å²) in [6.07, 6.45) is -0.188. The van der Waals surface area contributed by atoms with E-state index in [1.165, 1.54) is 12.1 Å². The lowest BCUT2D eigenvalue weighted by Gasteiger charge is -2.17. The van der Waals surface area contributed by atoms with Gasteiger partial charge in [0.25, 0.3) is 0 Å². The van der Waals surface area contributed by atoms with Crippen LogP contribution >= 0.6 is 0 Å². The van der Waals surface area contributed by atoms with E-state index in [2.05, 4.69) is 5.16 Å². The Kier molecular flexibility index (Phi) is 4.35. The molecule has 0 amide bonds. The van der Waals surface area contributed by atoms with E-state index < -0.39 is 5.82 Å². The van der Waals surface area contributed by atoms with Gasteiger partial charge in [0.1, 0.15) is 17.7 Å². The molecule has 3 nitrogen and oxygen atoms in total. The maximum atomic E-state index is 13.3. The van der Waals surface area contributed by atoms with Crippen molar-refractivity contribution in [2.24, 2.45) is 5.16 Å². The maximum Gasteiger partial charge on any atom is 0.129 e. The van der Waals surface area contributed by atoms with Gasteiger partial charge in [0.05, 0.1) is 5.71 Å². The number of oxime groups is 1. The molecule has 0 aliphatic carbocycles. The highest BCUT2D eigenvalue weighted by molar-refractivity contribution is 6.00. The molecule has 1 atom stereocenters. The molecular weight excluding hydrogens is 257 g/mol. The Morgan fingerprint density at radius 1 is 1.20 bits per heavy atom. The standard InChI is InChI=1S/C16H16FNO2/c1-11(18-19)15-10-14(17)8-9-16(15)20-12(2)13-6-4-3-5-7-13/h3-10,12,19H,1-2H3/b18-11+. The molecule has 0 saturated carbocycles. The second kappa shape index (κ2) is 6.19. The summed E-state index contributed by atoms with van der Waals surface area (Å²) in [7, 11) is 0. The summed E-state index contributed by atoms with van der Waals surface area (Å²) in [6, 6.07) is 13.9. The first kappa shape index (κ1) is 14.1. The average molecular weight is 273 g/mol. The van der Waals surface area contributed by atoms with Gasteiger partial charge < -0.3 is 9.94 Å². The Morgan fingerprint density at radius 3 is 2.55 bits per heavy atom. The monoisotopic (exact) mass is 273 g/mol. The maximum absolute atomic E-state index is 13.3. The molecule has 1 N–H and O–H groups in total. The van der Waals surface area contributed by atoms with Crippen LogP contribution in [-0.2, 0) is 0 Å². The van der Waals surface area contributed by atoms with E-state index in [1.807, 2.05) is 37.3 Å². The van der Waals surface area contributed by atoms with Crippen LogP contribution < -0.4 is 4.74 Å². The molecule has 104 valence electrons. The van der Waals surface area contributed by atoms with Crippen molar-refractivity contribution in [2.75, 3.05) is 0 Å². The van der Waals surface area contributed by atoms with Crippen molar-refractivity contribution in [3.05, 3.63) is 65.5 Å². The number of hydrogen-bond acceptors (Lipinski definition) is 3. The largest absolute Gasteiger partial charge is 0.485 e. The predicted octanol–water partition coefficient (Wildman–Crippen LogP) is 4.16. The Morgan fingerprint density at radius 2 is 1.90 bits per heavy atom. The van der Waals surface area contributed by atoms with Gasteiger partial charge in [0.15, 0.2) is 0 Å². The summed E-state index contributed by atoms with van der Waals surface area (Å²) >= 11 is 0. The second-order valence-corrected chi connectivity index (χ2v) is 4.50. The van der Waals surface area contributed by atoms with Crippen LogP contribution in [0.15, 0.2) is 53.7 Å². The van der Waals surface area contributed by atoms with E-state index in [1.54, 1.807) is 13.0 Å². The first-order chi connectivity index (χ1) is 9.61. The van der Waals surface area contributed by atoms with E-state index in [0.29, 0.717) is 17.0 Å². The van der Waals surface area contributed by atoms with Crippen molar-refractivity contribution in [3.63, 3.8) is 0 Å². The minimum atomic E-state index is -0.400. The fraction of sp³-hybridized carbons (Fsp3) is 0.188. The molecule has 0 saturated heterocycles. The van der Waals surface area contributed by atoms with Crippen molar-refractivity contribution in [3.8, 4) is 5.75 Å². The van der Waals surface area contributed by atoms with E-state index in [9.17, 15) is 4.39 Å². The van der Waals surface area contributed by atoms with Crippen LogP contribution in [0.4, 0.5) is 4.39 Å². The van der Waals surface area contributed by atoms with E-state index in [4.69, 9.17) is 9.94 Å². The van der Waals surface area contributed by atoms with Crippen molar-refractivity contribution in [1.82, 2.24) is 0 Å². The van der Waals surface area contributed by atoms with Gasteiger partial charge in [-0.15, -0.1) is 0 Å². The quantitative estimate of drug-likeness (QED) is 0.516. The highest BCUT2D eigenvalue weighted by atomic mass is 19.1. The zero-order chi connectivity index (χ0) is 14.5. The van der Waals surface area contributed by atoms with Crippen LogP contribution in [0.3, 0.4) is 0 Å². The fourth-order valence-corrected chi connectivity index (χ4v) is 1.92. The van der Waals surface area contributed by atoms with Gasteiger partial charge in [-0.05, 0) is 37.6 Å². The summed E-state index contributed by atoms with van der Waals surface area (Å²) in [4.78, 5) is 0. The Bertz CT molecular complexity index is 611. The van der Waals surface area contributed by atoms with Crippen molar-refractivity contribution in [2.45, 2.75) is 20.0 Å². The van der Waals surface area contributed by atoms with Gasteiger partial charge in [0.2, 0.25) is 0 Å². The molecule has 4 heteroatoms. The normalized spacial score (nSPS) is 13.1. The molecule has 0 aliphatic heterocycles. The lowest BCUT2D eigenvalue weighted by atomic mass is 10.1. The fourth-order valence-electron chi connectivity index (χ4n) is 1.92. The molecule has 1 unspecified atom stereocenters. The Labute approximate surface area is 117 Å². The molecule has 0 aromatic heterocycles. The molecule has 0 spiro atoms. The summed E-state index contributed by atoms with van der Waals surface area (Å²) in [5.74, 6) is 0.0840. The molecule has 0 bridgehead atoms. The van der Waals surface area contributed by atoms with Crippen LogP contribution in [0.25, 0.3) is 0 Å². The third-order valence-electron chi connectivity index (χ3n) is 3.05. The number of halogens is 1. The second-order valence-electron chi connectivity index (χ2n) is 4.50. The van der Waals surface area contributed by atoms with Crippen molar-refractivity contribution in [1.29, 1.82) is 0 Å². The lowest BCUT2D eigenvalue weighted by molar-refractivity contribution is 0.226. The zero-order valence-electron chi connectivity index (χ0n) is 11.4. The smallest absolute Gasteiger partial charge is 0.129 e. The SMILES string of the molecule is C/C(=N\O)c1cc(F)ccc1OC(C)c1ccccc1. The minimum Gasteiger partial charge on any atom is -0.485 e. The van der Waals surface area contributed by atoms with Crippen LogP contribution in [0.5, 0.6) is 5.75 Å². The zero-order valence-corrected chi connectivity index (χ0v) is 11.4. The van der Waals surface area contributed by atoms with Crippen molar-refractivity contribution < 1.29 is 14.3 Å². The first-order valence-corrected chi connectivity index (χ1v) is 6.32. The third-order valence-corrected chi connectivity index (χ3v) is 3.05. The van der Waals surface area contributed by atoms with Crippen LogP contribution in [0, 0.1) is 5.82 Å². The van der Waals surface area contributed by atoms with Gasteiger partial charge in [-0.2, -0.15) is 0 Å². The molecule has 20 heavy (non-hydrogen) atoms. The molecule has 2 aromatic carbocycles. The topological polar surface area (TPSA) is 41.8 Å². The number of rotatable bonds is 4. The summed E-state index contributed by atoms with van der Waals surface area (Å²) in [5.41, 5.74) is 1.76. The van der Waals surface area contributed by atoms with Crippen LogP contribution in [0.1, 0.15) is 31.1 Å². The van der Waals surface area contributed by atoms with E-state index >= 15 is 0 Å². The van der Waals surface area contributed by atoms with Crippen LogP contribution in [-0.4, -0.2) is 10.9 Å². The molecule has 0 aliphatic rings. The average Bonchev–Trinajstić information content (AvgIpc) is 2.49. The summed E-state index contributed by atoms with van der Waals surface area (Å²) in [5, 5.41) is 12.0. The molecule has 0 heterocycles. The number of nitrogens with zero attached hydrogens (tertiary/aromatic N) is 1. The molecule has 0 fully saturated rings. The Hall–Kier alpha value is -2.36. The third kappa shape index (κ3) is 3.15. The van der Waals surface area contributed by atoms with E-state index in [0.717, 1.165) is 5.56 Å². The molecule has 2 rings (SSSR count). The molecule has 0 radical (unpaired) electrons. The molecular formula is C16H16FNO2. The number of benzene rings is 2. The summed E-state index contributed by atoms with van der Waals surface area (Å²) in [6.45, 7) is 3.50. The predicted molar refractivity (Wildman–Crippen MR) is 75.9 cm³/mol. The minimum absolute atomic E-state index is 0.188. The van der Waals surface area contributed by atoms with E-state index in [-0.39, 0.29) is 6.10 Å². The van der Waals surface area contributed by atoms with Crippen molar-refractivity contribution >= 4 is 5.71 Å². The Balaban J connectivity index is 2.30. The van der Waals surface area contributed by atoms with Gasteiger partial charge in [-0.25, -0.2) is 4.39 Å². The van der Waals surface area contributed by atoms with Gasteiger partial charge in [-0.1, -0.05) is 35.5 Å². The highest BCUT2D eigenvalue weighted by Gasteiger charge is 2.13. The number of hydrogen-bond donors (Lipinski definition) is 1. The first-order valence-electron chi connectivity index (χ1n) is 6.32. The highest BCUT2D eigenvalue weighted by Crippen LogP contribution is 2.26. The lowest BCUT2D eigenvalue weighted by Crippen LogP contribution is -2.07. The number of ether oxygens (including phenoxy) is 1. The van der Waals surface area contributed by atoms with Gasteiger partial charge in [0, 0.05) is 5.56 Å². The van der Waals surface area contributed by atoms with Gasteiger partial charge >= 0.3 is 0 Å². The molecule has 2 aromatic rings.